The Kier molecular flexibility index (Phi) is 7.23. The molecule has 4 heteroatoms. The summed E-state index contributed by atoms with van der Waals surface area (Å²) >= 11 is 0. The number of benzene rings is 2. The minimum absolute atomic E-state index is 0.0114. The van der Waals surface area contributed by atoms with Gasteiger partial charge in [0.05, 0.1) is 0 Å². The Hall–Kier alpha value is -2.88. The SMILES string of the molecule is CCc1cccc(CC)c1NC(=O)C1CCN(C(=O)/C=C/c2ccccc2)CC1. The first-order valence-corrected chi connectivity index (χ1v) is 10.6. The topological polar surface area (TPSA) is 49.4 Å². The minimum Gasteiger partial charge on any atom is -0.339 e. The number of anilines is 1. The van der Waals surface area contributed by atoms with E-state index in [1.54, 1.807) is 6.08 Å². The Balaban J connectivity index is 1.56. The number of nitrogens with one attached hydrogen (secondary N) is 1. The minimum atomic E-state index is -0.0493. The molecule has 3 rings (SSSR count). The fourth-order valence-electron chi connectivity index (χ4n) is 3.83. The lowest BCUT2D eigenvalue weighted by Crippen LogP contribution is -2.40. The molecule has 0 atom stereocenters. The third-order valence-corrected chi connectivity index (χ3v) is 5.64. The van der Waals surface area contributed by atoms with E-state index in [1.165, 1.54) is 11.1 Å². The van der Waals surface area contributed by atoms with Crippen molar-refractivity contribution in [2.45, 2.75) is 39.5 Å². The smallest absolute Gasteiger partial charge is 0.246 e. The number of hydrogen-bond acceptors (Lipinski definition) is 2. The predicted octanol–water partition coefficient (Wildman–Crippen LogP) is 4.70. The van der Waals surface area contributed by atoms with Crippen LogP contribution in [0.3, 0.4) is 0 Å². The van der Waals surface area contributed by atoms with Crippen LogP contribution in [-0.4, -0.2) is 29.8 Å². The van der Waals surface area contributed by atoms with E-state index in [0.29, 0.717) is 25.9 Å². The largest absolute Gasteiger partial charge is 0.339 e. The fourth-order valence-corrected chi connectivity index (χ4v) is 3.83. The number of piperidine rings is 1. The van der Waals surface area contributed by atoms with Crippen molar-refractivity contribution >= 4 is 23.6 Å². The molecule has 0 spiro atoms. The summed E-state index contributed by atoms with van der Waals surface area (Å²) in [5.74, 6) is 0.0385. The highest BCUT2D eigenvalue weighted by molar-refractivity contribution is 5.95. The normalized spacial score (nSPS) is 14.9. The van der Waals surface area contributed by atoms with Gasteiger partial charge in [0.25, 0.3) is 0 Å². The number of hydrogen-bond donors (Lipinski definition) is 1. The molecule has 152 valence electrons. The van der Waals surface area contributed by atoms with Gasteiger partial charge in [-0.3, -0.25) is 9.59 Å². The van der Waals surface area contributed by atoms with E-state index in [0.717, 1.165) is 24.1 Å². The molecule has 1 aliphatic heterocycles. The van der Waals surface area contributed by atoms with Crippen LogP contribution in [0.5, 0.6) is 0 Å². The van der Waals surface area contributed by atoms with Gasteiger partial charge in [0.1, 0.15) is 0 Å². The van der Waals surface area contributed by atoms with Gasteiger partial charge in [0, 0.05) is 30.8 Å². The Morgan fingerprint density at radius 3 is 2.17 bits per heavy atom. The van der Waals surface area contributed by atoms with Crippen LogP contribution < -0.4 is 5.32 Å². The summed E-state index contributed by atoms with van der Waals surface area (Å²) in [6, 6.07) is 16.0. The molecule has 0 radical (unpaired) electrons. The molecule has 29 heavy (non-hydrogen) atoms. The van der Waals surface area contributed by atoms with Crippen molar-refractivity contribution in [1.29, 1.82) is 0 Å². The number of aryl methyl sites for hydroxylation is 2. The molecule has 0 saturated carbocycles. The average Bonchev–Trinajstić information content (AvgIpc) is 2.78. The van der Waals surface area contributed by atoms with Crippen LogP contribution in [0.15, 0.2) is 54.6 Å². The quantitative estimate of drug-likeness (QED) is 0.727. The van der Waals surface area contributed by atoms with E-state index < -0.39 is 0 Å². The van der Waals surface area contributed by atoms with Gasteiger partial charge in [0.15, 0.2) is 0 Å². The summed E-state index contributed by atoms with van der Waals surface area (Å²) in [5.41, 5.74) is 4.34. The highest BCUT2D eigenvalue weighted by Gasteiger charge is 2.27. The summed E-state index contributed by atoms with van der Waals surface area (Å²) < 4.78 is 0. The van der Waals surface area contributed by atoms with Crippen molar-refractivity contribution in [3.63, 3.8) is 0 Å². The third-order valence-electron chi connectivity index (χ3n) is 5.64. The summed E-state index contributed by atoms with van der Waals surface area (Å²) in [6.07, 6.45) is 6.66. The monoisotopic (exact) mass is 390 g/mol. The number of amides is 2. The highest BCUT2D eigenvalue weighted by Crippen LogP contribution is 2.25. The number of carbonyl (C=O) groups is 2. The van der Waals surface area contributed by atoms with Gasteiger partial charge < -0.3 is 10.2 Å². The fraction of sp³-hybridized carbons (Fsp3) is 0.360. The van der Waals surface area contributed by atoms with E-state index in [-0.39, 0.29) is 17.7 Å². The first kappa shape index (κ1) is 20.8. The van der Waals surface area contributed by atoms with Crippen LogP contribution >= 0.6 is 0 Å². The zero-order valence-electron chi connectivity index (χ0n) is 17.4. The Labute approximate surface area is 173 Å². The Morgan fingerprint density at radius 2 is 1.59 bits per heavy atom. The van der Waals surface area contributed by atoms with Gasteiger partial charge in [-0.15, -0.1) is 0 Å². The predicted molar refractivity (Wildman–Crippen MR) is 119 cm³/mol. The molecule has 2 aromatic carbocycles. The maximum atomic E-state index is 12.9. The summed E-state index contributed by atoms with van der Waals surface area (Å²) in [7, 11) is 0. The van der Waals surface area contributed by atoms with Crippen LogP contribution in [0.2, 0.25) is 0 Å². The van der Waals surface area contributed by atoms with Crippen molar-refractivity contribution < 1.29 is 9.59 Å². The van der Waals surface area contributed by atoms with Crippen LogP contribution in [0, 0.1) is 5.92 Å². The molecular weight excluding hydrogens is 360 g/mol. The Bertz CT molecular complexity index is 843. The first-order valence-electron chi connectivity index (χ1n) is 10.6. The number of carbonyl (C=O) groups excluding carboxylic acids is 2. The van der Waals surface area contributed by atoms with Crippen LogP contribution in [0.25, 0.3) is 6.08 Å². The molecule has 1 saturated heterocycles. The maximum absolute atomic E-state index is 12.9. The molecule has 0 unspecified atom stereocenters. The van der Waals surface area contributed by atoms with Crippen molar-refractivity contribution in [1.82, 2.24) is 4.90 Å². The number of likely N-dealkylation sites (tertiary alicyclic amines) is 1. The number of para-hydroxylation sites is 1. The summed E-state index contributed by atoms with van der Waals surface area (Å²) in [5, 5.41) is 3.19. The standard InChI is InChI=1S/C25H30N2O2/c1-3-20-11-8-12-21(4-2)24(20)26-25(29)22-15-17-27(18-16-22)23(28)14-13-19-9-6-5-7-10-19/h5-14,22H,3-4,15-18H2,1-2H3,(H,26,29)/b14-13+. The second-order valence-electron chi connectivity index (χ2n) is 7.49. The molecule has 1 fully saturated rings. The lowest BCUT2D eigenvalue weighted by molar-refractivity contribution is -0.130. The summed E-state index contributed by atoms with van der Waals surface area (Å²) in [6.45, 7) is 5.45. The molecule has 2 aromatic rings. The number of rotatable bonds is 6. The van der Waals surface area contributed by atoms with E-state index in [9.17, 15) is 9.59 Å². The van der Waals surface area contributed by atoms with Crippen molar-refractivity contribution in [3.05, 3.63) is 71.3 Å². The second kappa shape index (κ2) is 10.1. The maximum Gasteiger partial charge on any atom is 0.246 e. The van der Waals surface area contributed by atoms with Gasteiger partial charge in [-0.1, -0.05) is 62.4 Å². The molecule has 1 N–H and O–H groups in total. The molecule has 1 heterocycles. The van der Waals surface area contributed by atoms with E-state index >= 15 is 0 Å². The molecule has 0 aromatic heterocycles. The van der Waals surface area contributed by atoms with Crippen LogP contribution in [0.1, 0.15) is 43.4 Å². The zero-order chi connectivity index (χ0) is 20.6. The van der Waals surface area contributed by atoms with Gasteiger partial charge in [-0.25, -0.2) is 0 Å². The average molecular weight is 391 g/mol. The van der Waals surface area contributed by atoms with E-state index in [1.807, 2.05) is 41.3 Å². The lowest BCUT2D eigenvalue weighted by atomic mass is 9.95. The van der Waals surface area contributed by atoms with Crippen molar-refractivity contribution in [2.75, 3.05) is 18.4 Å². The van der Waals surface area contributed by atoms with Crippen molar-refractivity contribution in [3.8, 4) is 0 Å². The van der Waals surface area contributed by atoms with Crippen LogP contribution in [0.4, 0.5) is 5.69 Å². The molecule has 4 nitrogen and oxygen atoms in total. The molecule has 0 aliphatic carbocycles. The third kappa shape index (κ3) is 5.35. The van der Waals surface area contributed by atoms with Gasteiger partial charge in [-0.2, -0.15) is 0 Å². The van der Waals surface area contributed by atoms with Gasteiger partial charge in [-0.05, 0) is 48.4 Å². The van der Waals surface area contributed by atoms with E-state index in [4.69, 9.17) is 0 Å². The van der Waals surface area contributed by atoms with Crippen LogP contribution in [-0.2, 0) is 22.4 Å². The first-order chi connectivity index (χ1) is 14.1. The molecule has 0 bridgehead atoms. The lowest BCUT2D eigenvalue weighted by Gasteiger charge is -2.31. The van der Waals surface area contributed by atoms with Gasteiger partial charge >= 0.3 is 0 Å². The number of nitrogens with zero attached hydrogens (tertiary/aromatic N) is 1. The molecule has 1 aliphatic rings. The second-order valence-corrected chi connectivity index (χ2v) is 7.49. The van der Waals surface area contributed by atoms with Gasteiger partial charge in [0.2, 0.25) is 11.8 Å². The Morgan fingerprint density at radius 1 is 0.966 bits per heavy atom. The van der Waals surface area contributed by atoms with E-state index in [2.05, 4.69) is 37.4 Å². The molecular formula is C25H30N2O2. The molecule has 2 amide bonds. The zero-order valence-corrected chi connectivity index (χ0v) is 17.4. The van der Waals surface area contributed by atoms with Crippen molar-refractivity contribution in [2.24, 2.45) is 5.92 Å². The highest BCUT2D eigenvalue weighted by atomic mass is 16.2. The summed E-state index contributed by atoms with van der Waals surface area (Å²) in [4.78, 5) is 27.1.